The highest BCUT2D eigenvalue weighted by Crippen LogP contribution is 2.35. The Morgan fingerprint density at radius 1 is 0.968 bits per heavy atom. The Balaban J connectivity index is 1.78. The standard InChI is InChI=1S/C24H18ClFN2O3/c1-31-20-12-11-17(25)13-19(20)27-22-21(15-7-3-2-4-8-15)23(29)28(24(22)30)14-16-9-5-6-10-18(16)26/h2-13,27H,14H2,1H3. The van der Waals surface area contributed by atoms with Crippen molar-refractivity contribution in [3.05, 3.63) is 100 Å². The van der Waals surface area contributed by atoms with E-state index in [1.807, 2.05) is 6.07 Å². The van der Waals surface area contributed by atoms with Gasteiger partial charge in [-0.2, -0.15) is 0 Å². The predicted molar refractivity (Wildman–Crippen MR) is 117 cm³/mol. The Morgan fingerprint density at radius 2 is 1.68 bits per heavy atom. The smallest absolute Gasteiger partial charge is 0.278 e. The third-order valence-electron chi connectivity index (χ3n) is 4.94. The first kappa shape index (κ1) is 20.6. The van der Waals surface area contributed by atoms with E-state index in [2.05, 4.69) is 5.32 Å². The number of rotatable bonds is 6. The molecule has 1 N–H and O–H groups in total. The Labute approximate surface area is 183 Å². The highest BCUT2D eigenvalue weighted by Gasteiger charge is 2.39. The summed E-state index contributed by atoms with van der Waals surface area (Å²) in [5, 5.41) is 3.46. The van der Waals surface area contributed by atoms with E-state index >= 15 is 0 Å². The van der Waals surface area contributed by atoms with Crippen LogP contribution < -0.4 is 10.1 Å². The van der Waals surface area contributed by atoms with Crippen LogP contribution in [-0.2, 0) is 16.1 Å². The molecule has 3 aromatic carbocycles. The number of carbonyl (C=O) groups is 2. The molecule has 156 valence electrons. The molecule has 0 saturated heterocycles. The molecule has 31 heavy (non-hydrogen) atoms. The van der Waals surface area contributed by atoms with Gasteiger partial charge in [0.25, 0.3) is 11.8 Å². The second kappa shape index (κ2) is 8.62. The predicted octanol–water partition coefficient (Wildman–Crippen LogP) is 4.88. The highest BCUT2D eigenvalue weighted by molar-refractivity contribution is 6.36. The van der Waals surface area contributed by atoms with Crippen LogP contribution in [0.2, 0.25) is 5.02 Å². The highest BCUT2D eigenvalue weighted by atomic mass is 35.5. The lowest BCUT2D eigenvalue weighted by molar-refractivity contribution is -0.137. The first-order valence-electron chi connectivity index (χ1n) is 9.49. The van der Waals surface area contributed by atoms with Crippen molar-refractivity contribution in [1.29, 1.82) is 0 Å². The minimum atomic E-state index is -0.561. The lowest BCUT2D eigenvalue weighted by Gasteiger charge is -2.16. The topological polar surface area (TPSA) is 58.6 Å². The molecule has 1 heterocycles. The van der Waals surface area contributed by atoms with Crippen molar-refractivity contribution in [3.63, 3.8) is 0 Å². The van der Waals surface area contributed by atoms with Gasteiger partial charge in [0.1, 0.15) is 17.3 Å². The van der Waals surface area contributed by atoms with E-state index in [9.17, 15) is 14.0 Å². The zero-order valence-corrected chi connectivity index (χ0v) is 17.3. The number of methoxy groups -OCH3 is 1. The van der Waals surface area contributed by atoms with Gasteiger partial charge in [-0.1, -0.05) is 60.1 Å². The summed E-state index contributed by atoms with van der Waals surface area (Å²) in [7, 11) is 1.49. The molecule has 0 spiro atoms. The summed E-state index contributed by atoms with van der Waals surface area (Å²) in [5.41, 5.74) is 1.53. The van der Waals surface area contributed by atoms with Crippen molar-refractivity contribution in [2.24, 2.45) is 0 Å². The molecular formula is C24H18ClFN2O3. The summed E-state index contributed by atoms with van der Waals surface area (Å²) in [6.07, 6.45) is 0. The van der Waals surface area contributed by atoms with Crippen molar-refractivity contribution in [1.82, 2.24) is 4.90 Å². The molecule has 0 atom stereocenters. The van der Waals surface area contributed by atoms with E-state index < -0.39 is 17.6 Å². The van der Waals surface area contributed by atoms with Gasteiger partial charge in [0.05, 0.1) is 24.9 Å². The fraction of sp³-hybridized carbons (Fsp3) is 0.0833. The second-order valence-corrected chi connectivity index (χ2v) is 7.31. The van der Waals surface area contributed by atoms with Gasteiger partial charge >= 0.3 is 0 Å². The van der Waals surface area contributed by atoms with Gasteiger partial charge in [-0.05, 0) is 29.8 Å². The van der Waals surface area contributed by atoms with Crippen LogP contribution in [0.25, 0.3) is 5.57 Å². The average molecular weight is 437 g/mol. The third kappa shape index (κ3) is 4.02. The second-order valence-electron chi connectivity index (χ2n) is 6.87. The Hall–Kier alpha value is -3.64. The summed E-state index contributed by atoms with van der Waals surface area (Å²) in [5.74, 6) is -1.10. The summed E-state index contributed by atoms with van der Waals surface area (Å²) in [4.78, 5) is 27.6. The molecule has 0 aliphatic carbocycles. The van der Waals surface area contributed by atoms with Gasteiger partial charge in [0.2, 0.25) is 0 Å². The zero-order valence-electron chi connectivity index (χ0n) is 16.6. The van der Waals surface area contributed by atoms with Crippen LogP contribution in [0.5, 0.6) is 5.75 Å². The largest absolute Gasteiger partial charge is 0.495 e. The molecule has 4 rings (SSSR count). The van der Waals surface area contributed by atoms with Crippen LogP contribution in [0, 0.1) is 5.82 Å². The number of amides is 2. The molecule has 0 radical (unpaired) electrons. The lowest BCUT2D eigenvalue weighted by Crippen LogP contribution is -2.32. The fourth-order valence-corrected chi connectivity index (χ4v) is 3.59. The molecule has 0 fully saturated rings. The van der Waals surface area contributed by atoms with Crippen LogP contribution in [0.4, 0.5) is 10.1 Å². The number of halogens is 2. The number of nitrogens with one attached hydrogen (secondary N) is 1. The maximum absolute atomic E-state index is 14.2. The fourth-order valence-electron chi connectivity index (χ4n) is 3.42. The number of imide groups is 1. The lowest BCUT2D eigenvalue weighted by atomic mass is 10.0. The quantitative estimate of drug-likeness (QED) is 0.559. The number of benzene rings is 3. The van der Waals surface area contributed by atoms with Crippen LogP contribution in [0.3, 0.4) is 0 Å². The normalized spacial score (nSPS) is 13.7. The SMILES string of the molecule is COc1ccc(Cl)cc1NC1=C(c2ccccc2)C(=O)N(Cc2ccccc2F)C1=O. The van der Waals surface area contributed by atoms with Gasteiger partial charge in [-0.3, -0.25) is 14.5 Å². The summed E-state index contributed by atoms with van der Waals surface area (Å²) < 4.78 is 19.5. The van der Waals surface area contributed by atoms with E-state index in [0.717, 1.165) is 4.90 Å². The van der Waals surface area contributed by atoms with Gasteiger partial charge in [0.15, 0.2) is 0 Å². The molecule has 3 aromatic rings. The molecule has 0 unspecified atom stereocenters. The first-order valence-corrected chi connectivity index (χ1v) is 9.87. The van der Waals surface area contributed by atoms with E-state index in [0.29, 0.717) is 22.0 Å². The van der Waals surface area contributed by atoms with Gasteiger partial charge < -0.3 is 10.1 Å². The minimum absolute atomic E-state index is 0.0769. The van der Waals surface area contributed by atoms with Gasteiger partial charge in [0, 0.05) is 10.6 Å². The van der Waals surface area contributed by atoms with E-state index in [-0.39, 0.29) is 23.4 Å². The Bertz CT molecular complexity index is 1190. The summed E-state index contributed by atoms with van der Waals surface area (Å²) in [6, 6.07) is 19.8. The molecule has 0 saturated carbocycles. The molecule has 0 aromatic heterocycles. The molecule has 0 bridgehead atoms. The average Bonchev–Trinajstić information content (AvgIpc) is 3.00. The summed E-state index contributed by atoms with van der Waals surface area (Å²) >= 11 is 6.12. The molecular weight excluding hydrogens is 419 g/mol. The molecule has 5 nitrogen and oxygen atoms in total. The van der Waals surface area contributed by atoms with Crippen molar-refractivity contribution in [3.8, 4) is 5.75 Å². The van der Waals surface area contributed by atoms with Crippen LogP contribution in [-0.4, -0.2) is 23.8 Å². The first-order chi connectivity index (χ1) is 15.0. The number of ether oxygens (including phenoxy) is 1. The maximum atomic E-state index is 14.2. The van der Waals surface area contributed by atoms with E-state index in [1.54, 1.807) is 60.7 Å². The third-order valence-corrected chi connectivity index (χ3v) is 5.17. The number of hydrogen-bond donors (Lipinski definition) is 1. The van der Waals surface area contributed by atoms with Crippen LogP contribution >= 0.6 is 11.6 Å². The number of anilines is 1. The summed E-state index contributed by atoms with van der Waals surface area (Å²) in [6.45, 7) is -0.182. The maximum Gasteiger partial charge on any atom is 0.278 e. The number of hydrogen-bond acceptors (Lipinski definition) is 4. The Kier molecular flexibility index (Phi) is 5.73. The number of nitrogens with zero attached hydrogens (tertiary/aromatic N) is 1. The van der Waals surface area contributed by atoms with Crippen LogP contribution in [0.1, 0.15) is 11.1 Å². The Morgan fingerprint density at radius 3 is 2.39 bits per heavy atom. The monoisotopic (exact) mass is 436 g/mol. The van der Waals surface area contributed by atoms with E-state index in [4.69, 9.17) is 16.3 Å². The van der Waals surface area contributed by atoms with Crippen molar-refractivity contribution in [2.75, 3.05) is 12.4 Å². The van der Waals surface area contributed by atoms with Crippen molar-refractivity contribution >= 4 is 34.7 Å². The van der Waals surface area contributed by atoms with Crippen molar-refractivity contribution in [2.45, 2.75) is 6.54 Å². The number of carbonyl (C=O) groups excluding carboxylic acids is 2. The van der Waals surface area contributed by atoms with E-state index in [1.165, 1.54) is 13.2 Å². The van der Waals surface area contributed by atoms with Gasteiger partial charge in [-0.25, -0.2) is 4.39 Å². The molecule has 1 aliphatic rings. The molecule has 7 heteroatoms. The molecule has 1 aliphatic heterocycles. The minimum Gasteiger partial charge on any atom is -0.495 e. The van der Waals surface area contributed by atoms with Crippen LogP contribution in [0.15, 0.2) is 78.5 Å². The zero-order chi connectivity index (χ0) is 22.0. The molecule has 2 amide bonds. The van der Waals surface area contributed by atoms with Gasteiger partial charge in [-0.15, -0.1) is 0 Å². The van der Waals surface area contributed by atoms with Crippen molar-refractivity contribution < 1.29 is 18.7 Å².